The second-order valence-corrected chi connectivity index (χ2v) is 7.78. The smallest absolute Gasteiger partial charge is 0.123 e. The predicted molar refractivity (Wildman–Crippen MR) is 109 cm³/mol. The van der Waals surface area contributed by atoms with Gasteiger partial charge in [0.05, 0.1) is 0 Å². The van der Waals surface area contributed by atoms with Crippen LogP contribution in [0.15, 0.2) is 30.3 Å². The molecular formula is C24H33FO. The van der Waals surface area contributed by atoms with Gasteiger partial charge in [-0.1, -0.05) is 59.2 Å². The molecule has 1 nitrogen and oxygen atoms in total. The molecule has 0 fully saturated rings. The van der Waals surface area contributed by atoms with E-state index >= 15 is 0 Å². The number of hydrogen-bond donors (Lipinski definition) is 1. The zero-order chi connectivity index (χ0) is 19.3. The molecule has 142 valence electrons. The molecule has 0 bridgehead atoms. The molecule has 0 aliphatic heterocycles. The van der Waals surface area contributed by atoms with Gasteiger partial charge >= 0.3 is 0 Å². The summed E-state index contributed by atoms with van der Waals surface area (Å²) in [4.78, 5) is 0. The van der Waals surface area contributed by atoms with Crippen LogP contribution >= 0.6 is 0 Å². The Bertz CT molecular complexity index is 714. The summed E-state index contributed by atoms with van der Waals surface area (Å²) < 4.78 is 13.5. The minimum absolute atomic E-state index is 0.127. The van der Waals surface area contributed by atoms with E-state index in [1.54, 1.807) is 12.1 Å². The Morgan fingerprint density at radius 1 is 0.885 bits per heavy atom. The van der Waals surface area contributed by atoms with Crippen molar-refractivity contribution in [3.63, 3.8) is 0 Å². The van der Waals surface area contributed by atoms with Crippen molar-refractivity contribution in [3.8, 4) is 11.1 Å². The van der Waals surface area contributed by atoms with E-state index in [0.29, 0.717) is 18.3 Å². The van der Waals surface area contributed by atoms with E-state index in [4.69, 9.17) is 0 Å². The summed E-state index contributed by atoms with van der Waals surface area (Å²) in [6.45, 7) is 11.2. The number of hydrogen-bond acceptors (Lipinski definition) is 1. The van der Waals surface area contributed by atoms with Crippen LogP contribution in [-0.4, -0.2) is 11.7 Å². The maximum Gasteiger partial charge on any atom is 0.123 e. The molecule has 26 heavy (non-hydrogen) atoms. The third-order valence-electron chi connectivity index (χ3n) is 5.13. The first kappa shape index (κ1) is 20.6. The van der Waals surface area contributed by atoms with Gasteiger partial charge in [-0.25, -0.2) is 4.39 Å². The van der Waals surface area contributed by atoms with Crippen molar-refractivity contribution in [1.29, 1.82) is 0 Å². The fraction of sp³-hybridized carbons (Fsp3) is 0.500. The lowest BCUT2D eigenvalue weighted by atomic mass is 9.79. The molecular weight excluding hydrogens is 323 g/mol. The first-order valence-electron chi connectivity index (χ1n) is 9.95. The first-order chi connectivity index (χ1) is 12.4. The molecule has 0 spiro atoms. The third kappa shape index (κ3) is 4.54. The molecule has 0 aliphatic rings. The molecule has 2 aromatic carbocycles. The van der Waals surface area contributed by atoms with Crippen LogP contribution in [0.25, 0.3) is 11.1 Å². The van der Waals surface area contributed by atoms with E-state index in [9.17, 15) is 9.50 Å². The first-order valence-corrected chi connectivity index (χ1v) is 9.95. The molecule has 0 aliphatic carbocycles. The Hall–Kier alpha value is -1.67. The van der Waals surface area contributed by atoms with Crippen molar-refractivity contribution in [2.75, 3.05) is 6.61 Å². The maximum absolute atomic E-state index is 13.5. The maximum atomic E-state index is 13.5. The molecule has 2 aromatic rings. The molecule has 0 aromatic heterocycles. The second-order valence-electron chi connectivity index (χ2n) is 7.78. The lowest BCUT2D eigenvalue weighted by molar-refractivity contribution is 0.299. The molecule has 0 saturated heterocycles. The standard InChI is InChI=1S/C24H33FO/c1-6-7-8-20-22(16(2)3)15-23(17(4)5)21(13-14-26)24(20)18-9-11-19(25)12-10-18/h9-12,15-17,26H,6-8,13-14H2,1-5H3. The van der Waals surface area contributed by atoms with Gasteiger partial charge in [0.2, 0.25) is 0 Å². The number of benzene rings is 2. The van der Waals surface area contributed by atoms with Crippen molar-refractivity contribution in [1.82, 2.24) is 0 Å². The van der Waals surface area contributed by atoms with Crippen LogP contribution in [0.4, 0.5) is 4.39 Å². The molecule has 0 radical (unpaired) electrons. The van der Waals surface area contributed by atoms with Gasteiger partial charge in [-0.2, -0.15) is 0 Å². The van der Waals surface area contributed by atoms with Gasteiger partial charge < -0.3 is 5.11 Å². The fourth-order valence-corrected chi connectivity index (χ4v) is 3.81. The van der Waals surface area contributed by atoms with Crippen LogP contribution in [0.3, 0.4) is 0 Å². The van der Waals surface area contributed by atoms with Gasteiger partial charge in [0.15, 0.2) is 0 Å². The van der Waals surface area contributed by atoms with Gasteiger partial charge in [0.25, 0.3) is 0 Å². The van der Waals surface area contributed by atoms with Gasteiger partial charge in [0.1, 0.15) is 5.82 Å². The van der Waals surface area contributed by atoms with Crippen molar-refractivity contribution in [2.45, 2.75) is 72.1 Å². The van der Waals surface area contributed by atoms with Gasteiger partial charge in [-0.15, -0.1) is 0 Å². The van der Waals surface area contributed by atoms with Crippen LogP contribution in [-0.2, 0) is 12.8 Å². The Labute approximate surface area is 158 Å². The van der Waals surface area contributed by atoms with Crippen molar-refractivity contribution in [3.05, 3.63) is 58.4 Å². The zero-order valence-corrected chi connectivity index (χ0v) is 16.9. The number of aliphatic hydroxyl groups excluding tert-OH is 1. The Morgan fingerprint density at radius 3 is 1.88 bits per heavy atom. The van der Waals surface area contributed by atoms with E-state index in [0.717, 1.165) is 24.8 Å². The van der Waals surface area contributed by atoms with E-state index in [1.807, 2.05) is 12.1 Å². The van der Waals surface area contributed by atoms with E-state index in [-0.39, 0.29) is 12.4 Å². The summed E-state index contributed by atoms with van der Waals surface area (Å²) in [5, 5.41) is 9.73. The normalized spacial score (nSPS) is 11.6. The minimum Gasteiger partial charge on any atom is -0.396 e. The molecule has 0 atom stereocenters. The molecule has 1 N–H and O–H groups in total. The number of rotatable bonds is 8. The summed E-state index contributed by atoms with van der Waals surface area (Å²) in [6.07, 6.45) is 3.93. The number of aliphatic hydroxyl groups is 1. The van der Waals surface area contributed by atoms with Crippen LogP contribution < -0.4 is 0 Å². The van der Waals surface area contributed by atoms with E-state index < -0.39 is 0 Å². The lowest BCUT2D eigenvalue weighted by Crippen LogP contribution is -2.10. The summed E-state index contributed by atoms with van der Waals surface area (Å²) in [6, 6.07) is 9.21. The van der Waals surface area contributed by atoms with Gasteiger partial charge in [0, 0.05) is 6.61 Å². The Morgan fingerprint density at radius 2 is 1.42 bits per heavy atom. The van der Waals surface area contributed by atoms with Gasteiger partial charge in [-0.3, -0.25) is 0 Å². The number of halogens is 1. The molecule has 2 heteroatoms. The van der Waals surface area contributed by atoms with Crippen molar-refractivity contribution in [2.24, 2.45) is 0 Å². The summed E-state index contributed by atoms with van der Waals surface area (Å²) in [5.74, 6) is 0.604. The predicted octanol–water partition coefficient (Wildman–Crippen LogP) is 6.62. The molecule has 0 saturated carbocycles. The quantitative estimate of drug-likeness (QED) is 0.564. The highest BCUT2D eigenvalue weighted by Gasteiger charge is 2.21. The van der Waals surface area contributed by atoms with Crippen LogP contribution in [0.1, 0.15) is 81.5 Å². The van der Waals surface area contributed by atoms with Crippen LogP contribution in [0, 0.1) is 5.82 Å². The monoisotopic (exact) mass is 356 g/mol. The lowest BCUT2D eigenvalue weighted by Gasteiger charge is -2.26. The third-order valence-corrected chi connectivity index (χ3v) is 5.13. The molecule has 2 rings (SSSR count). The van der Waals surface area contributed by atoms with E-state index in [2.05, 4.69) is 40.7 Å². The zero-order valence-electron chi connectivity index (χ0n) is 16.9. The highest BCUT2D eigenvalue weighted by atomic mass is 19.1. The highest BCUT2D eigenvalue weighted by molar-refractivity contribution is 5.75. The Balaban J connectivity index is 2.84. The average molecular weight is 357 g/mol. The molecule has 0 amide bonds. The average Bonchev–Trinajstić information content (AvgIpc) is 2.60. The minimum atomic E-state index is -0.211. The molecule has 0 heterocycles. The van der Waals surface area contributed by atoms with Crippen molar-refractivity contribution < 1.29 is 9.50 Å². The van der Waals surface area contributed by atoms with Gasteiger partial charge in [-0.05, 0) is 76.6 Å². The Kier molecular flexibility index (Phi) is 7.40. The van der Waals surface area contributed by atoms with Crippen LogP contribution in [0.2, 0.25) is 0 Å². The highest BCUT2D eigenvalue weighted by Crippen LogP contribution is 2.39. The van der Waals surface area contributed by atoms with E-state index in [1.165, 1.54) is 27.8 Å². The summed E-state index contributed by atoms with van der Waals surface area (Å²) in [5.41, 5.74) is 7.59. The fourth-order valence-electron chi connectivity index (χ4n) is 3.81. The summed E-state index contributed by atoms with van der Waals surface area (Å²) >= 11 is 0. The van der Waals surface area contributed by atoms with Crippen LogP contribution in [0.5, 0.6) is 0 Å². The SMILES string of the molecule is CCCCc1c(C(C)C)cc(C(C)C)c(CCO)c1-c1ccc(F)cc1. The number of unbranched alkanes of at least 4 members (excludes halogenated alkanes) is 1. The van der Waals surface area contributed by atoms with Crippen molar-refractivity contribution >= 4 is 0 Å². The second kappa shape index (κ2) is 9.32. The molecule has 0 unspecified atom stereocenters. The topological polar surface area (TPSA) is 20.2 Å². The largest absolute Gasteiger partial charge is 0.396 e. The summed E-state index contributed by atoms with van der Waals surface area (Å²) in [7, 11) is 0.